The first-order valence-corrected chi connectivity index (χ1v) is 5.46. The van der Waals surface area contributed by atoms with Crippen LogP contribution in [0.1, 0.15) is 17.0 Å². The maximum Gasteiger partial charge on any atom is 0.433 e. The lowest BCUT2D eigenvalue weighted by Gasteiger charge is -2.12. The number of furan rings is 1. The third kappa shape index (κ3) is 3.08. The van der Waals surface area contributed by atoms with E-state index in [9.17, 15) is 13.2 Å². The van der Waals surface area contributed by atoms with Gasteiger partial charge in [0.05, 0.1) is 11.8 Å². The van der Waals surface area contributed by atoms with Gasteiger partial charge in [-0.25, -0.2) is 4.98 Å². The number of halogens is 3. The zero-order valence-electron chi connectivity index (χ0n) is 10.1. The van der Waals surface area contributed by atoms with E-state index in [2.05, 4.69) is 4.98 Å². The van der Waals surface area contributed by atoms with Crippen LogP contribution in [0.5, 0.6) is 5.88 Å². The highest BCUT2D eigenvalue weighted by Crippen LogP contribution is 2.30. The van der Waals surface area contributed by atoms with Gasteiger partial charge in [0, 0.05) is 0 Å². The molecule has 0 aliphatic rings. The normalized spacial score (nSPS) is 11.3. The Bertz CT molecular complexity index is 609. The van der Waals surface area contributed by atoms with Crippen molar-refractivity contribution in [3.8, 4) is 5.88 Å². The lowest BCUT2D eigenvalue weighted by molar-refractivity contribution is -0.141. The van der Waals surface area contributed by atoms with Gasteiger partial charge in [0.2, 0.25) is 5.88 Å². The first kappa shape index (κ1) is 13.9. The quantitative estimate of drug-likeness (QED) is 0.667. The SMILES string of the molecule is N=C(N)c1ccc(C(F)(F)F)nc1OCc1ccco1. The fourth-order valence-electron chi connectivity index (χ4n) is 1.45. The Kier molecular flexibility index (Phi) is 3.64. The van der Waals surface area contributed by atoms with Crippen molar-refractivity contribution in [1.29, 1.82) is 5.41 Å². The van der Waals surface area contributed by atoms with Crippen molar-refractivity contribution >= 4 is 5.84 Å². The van der Waals surface area contributed by atoms with Crippen LogP contribution in [0.15, 0.2) is 34.9 Å². The van der Waals surface area contributed by atoms with Crippen LogP contribution < -0.4 is 10.5 Å². The summed E-state index contributed by atoms with van der Waals surface area (Å²) in [5, 5.41) is 7.31. The van der Waals surface area contributed by atoms with Crippen molar-refractivity contribution in [3.05, 3.63) is 47.5 Å². The van der Waals surface area contributed by atoms with Crippen LogP contribution in [-0.4, -0.2) is 10.8 Å². The molecule has 0 aromatic carbocycles. The van der Waals surface area contributed by atoms with Gasteiger partial charge in [0.1, 0.15) is 23.9 Å². The van der Waals surface area contributed by atoms with E-state index in [1.54, 1.807) is 12.1 Å². The van der Waals surface area contributed by atoms with Crippen LogP contribution >= 0.6 is 0 Å². The number of nitrogens with two attached hydrogens (primary N) is 1. The summed E-state index contributed by atoms with van der Waals surface area (Å²) in [6.45, 7) is -0.110. The lowest BCUT2D eigenvalue weighted by Crippen LogP contribution is -2.16. The maximum absolute atomic E-state index is 12.6. The third-order valence-corrected chi connectivity index (χ3v) is 2.37. The molecule has 3 N–H and O–H groups in total. The van der Waals surface area contributed by atoms with Gasteiger partial charge < -0.3 is 14.9 Å². The Morgan fingerprint density at radius 3 is 2.65 bits per heavy atom. The molecular weight excluding hydrogens is 275 g/mol. The van der Waals surface area contributed by atoms with Gasteiger partial charge in [-0.2, -0.15) is 13.2 Å². The van der Waals surface area contributed by atoms with Crippen LogP contribution in [0.3, 0.4) is 0 Å². The van der Waals surface area contributed by atoms with Crippen LogP contribution in [0, 0.1) is 5.41 Å². The summed E-state index contributed by atoms with van der Waals surface area (Å²) in [6.07, 6.45) is -3.19. The number of nitrogen functional groups attached to an aromatic ring is 1. The van der Waals surface area contributed by atoms with E-state index < -0.39 is 17.7 Å². The van der Waals surface area contributed by atoms with E-state index in [0.29, 0.717) is 5.76 Å². The van der Waals surface area contributed by atoms with Gasteiger partial charge in [0.15, 0.2) is 0 Å². The van der Waals surface area contributed by atoms with E-state index in [1.807, 2.05) is 0 Å². The number of nitrogens with one attached hydrogen (secondary N) is 1. The molecule has 0 saturated heterocycles. The Morgan fingerprint density at radius 2 is 2.10 bits per heavy atom. The number of hydrogen-bond donors (Lipinski definition) is 2. The smallest absolute Gasteiger partial charge is 0.433 e. The van der Waals surface area contributed by atoms with Crippen molar-refractivity contribution in [3.63, 3.8) is 0 Å². The predicted molar refractivity (Wildman–Crippen MR) is 63.3 cm³/mol. The van der Waals surface area contributed by atoms with Crippen molar-refractivity contribution in [2.24, 2.45) is 5.73 Å². The minimum absolute atomic E-state index is 0.00967. The zero-order chi connectivity index (χ0) is 14.8. The molecule has 5 nitrogen and oxygen atoms in total. The number of hydrogen-bond acceptors (Lipinski definition) is 4. The van der Waals surface area contributed by atoms with Crippen molar-refractivity contribution < 1.29 is 22.3 Å². The first-order chi connectivity index (χ1) is 9.38. The molecule has 106 valence electrons. The molecule has 0 radical (unpaired) electrons. The fraction of sp³-hybridized carbons (Fsp3) is 0.167. The summed E-state index contributed by atoms with van der Waals surface area (Å²) >= 11 is 0. The van der Waals surface area contributed by atoms with Crippen molar-refractivity contribution in [2.45, 2.75) is 12.8 Å². The molecule has 0 unspecified atom stereocenters. The minimum Gasteiger partial charge on any atom is -0.469 e. The molecule has 0 saturated carbocycles. The molecule has 0 fully saturated rings. The number of nitrogens with zero attached hydrogens (tertiary/aromatic N) is 1. The summed E-state index contributed by atoms with van der Waals surface area (Å²) in [6, 6.07) is 5.01. The Hall–Kier alpha value is -2.51. The van der Waals surface area contributed by atoms with E-state index in [-0.39, 0.29) is 18.1 Å². The Labute approximate surface area is 111 Å². The monoisotopic (exact) mass is 285 g/mol. The molecule has 0 bridgehead atoms. The van der Waals surface area contributed by atoms with E-state index >= 15 is 0 Å². The van der Waals surface area contributed by atoms with Crippen LogP contribution in [-0.2, 0) is 12.8 Å². The number of rotatable bonds is 4. The average molecular weight is 285 g/mol. The van der Waals surface area contributed by atoms with Gasteiger partial charge in [-0.15, -0.1) is 0 Å². The summed E-state index contributed by atoms with van der Waals surface area (Å²) in [5.41, 5.74) is 4.16. The molecule has 8 heteroatoms. The molecule has 0 aliphatic carbocycles. The largest absolute Gasteiger partial charge is 0.469 e. The second kappa shape index (κ2) is 5.24. The molecule has 2 heterocycles. The number of pyridine rings is 1. The van der Waals surface area contributed by atoms with Crippen LogP contribution in [0.25, 0.3) is 0 Å². The van der Waals surface area contributed by atoms with Gasteiger partial charge in [-0.1, -0.05) is 0 Å². The second-order valence-corrected chi connectivity index (χ2v) is 3.83. The summed E-state index contributed by atoms with van der Waals surface area (Å²) < 4.78 is 47.9. The molecule has 2 aromatic rings. The van der Waals surface area contributed by atoms with Gasteiger partial charge in [-0.05, 0) is 24.3 Å². The topological polar surface area (TPSA) is 85.1 Å². The van der Waals surface area contributed by atoms with Crippen molar-refractivity contribution in [2.75, 3.05) is 0 Å². The van der Waals surface area contributed by atoms with E-state index in [1.165, 1.54) is 6.26 Å². The first-order valence-electron chi connectivity index (χ1n) is 5.46. The predicted octanol–water partition coefficient (Wildman–Crippen LogP) is 2.56. The molecule has 0 amide bonds. The molecule has 2 aromatic heterocycles. The van der Waals surface area contributed by atoms with Crippen LogP contribution in [0.4, 0.5) is 13.2 Å². The molecular formula is C12H10F3N3O2. The number of alkyl halides is 3. The van der Waals surface area contributed by atoms with Gasteiger partial charge >= 0.3 is 6.18 Å². The maximum atomic E-state index is 12.6. The van der Waals surface area contributed by atoms with Crippen molar-refractivity contribution in [1.82, 2.24) is 4.98 Å². The minimum atomic E-state index is -4.60. The molecule has 0 atom stereocenters. The lowest BCUT2D eigenvalue weighted by atomic mass is 10.2. The summed E-state index contributed by atoms with van der Waals surface area (Å²) in [7, 11) is 0. The summed E-state index contributed by atoms with van der Waals surface area (Å²) in [4.78, 5) is 3.35. The highest BCUT2D eigenvalue weighted by molar-refractivity contribution is 5.97. The van der Waals surface area contributed by atoms with Gasteiger partial charge in [0.25, 0.3) is 0 Å². The second-order valence-electron chi connectivity index (χ2n) is 3.83. The number of aromatic nitrogens is 1. The molecule has 2 rings (SSSR count). The zero-order valence-corrected chi connectivity index (χ0v) is 10.1. The van der Waals surface area contributed by atoms with E-state index in [4.69, 9.17) is 20.3 Å². The third-order valence-electron chi connectivity index (χ3n) is 2.37. The van der Waals surface area contributed by atoms with E-state index in [0.717, 1.165) is 12.1 Å². The average Bonchev–Trinajstić information content (AvgIpc) is 2.87. The Morgan fingerprint density at radius 1 is 1.35 bits per heavy atom. The van der Waals surface area contributed by atoms with Gasteiger partial charge in [-0.3, -0.25) is 5.41 Å². The molecule has 0 aliphatic heterocycles. The summed E-state index contributed by atoms with van der Waals surface area (Å²) in [5.74, 6) is -0.372. The highest BCUT2D eigenvalue weighted by Gasteiger charge is 2.33. The number of amidine groups is 1. The number of ether oxygens (including phenoxy) is 1. The fourth-order valence-corrected chi connectivity index (χ4v) is 1.45. The molecule has 0 spiro atoms. The van der Waals surface area contributed by atoms with Crippen LogP contribution in [0.2, 0.25) is 0 Å². The molecule has 20 heavy (non-hydrogen) atoms. The standard InChI is InChI=1S/C12H10F3N3O2/c13-12(14,15)9-4-3-8(10(16)17)11(18-9)20-6-7-2-1-5-19-7/h1-5H,6H2,(H3,16,17). The Balaban J connectivity index is 2.29. The highest BCUT2D eigenvalue weighted by atomic mass is 19.4.